The first-order chi connectivity index (χ1) is 10.6. The SMILES string of the molecule is CCOc1c(Cl)cc(C2NN=C3CCN(C)CC32)cc1OC. The third-order valence-corrected chi connectivity index (χ3v) is 4.62. The molecule has 0 radical (unpaired) electrons. The van der Waals surface area contributed by atoms with Gasteiger partial charge in [-0.3, -0.25) is 0 Å². The van der Waals surface area contributed by atoms with Crippen LogP contribution in [-0.4, -0.2) is 44.5 Å². The summed E-state index contributed by atoms with van der Waals surface area (Å²) < 4.78 is 11.0. The fourth-order valence-electron chi connectivity index (χ4n) is 3.21. The molecule has 0 bridgehead atoms. The molecule has 0 aromatic heterocycles. The molecule has 2 unspecified atom stereocenters. The Hall–Kier alpha value is -1.46. The van der Waals surface area contributed by atoms with Gasteiger partial charge in [-0.15, -0.1) is 0 Å². The monoisotopic (exact) mass is 323 g/mol. The van der Waals surface area contributed by atoms with Crippen LogP contribution in [0.4, 0.5) is 0 Å². The summed E-state index contributed by atoms with van der Waals surface area (Å²) in [5.41, 5.74) is 5.62. The molecule has 2 heterocycles. The van der Waals surface area contributed by atoms with Gasteiger partial charge in [0.25, 0.3) is 0 Å². The van der Waals surface area contributed by atoms with E-state index in [1.807, 2.05) is 19.1 Å². The minimum absolute atomic E-state index is 0.139. The maximum absolute atomic E-state index is 6.39. The van der Waals surface area contributed by atoms with Crippen LogP contribution >= 0.6 is 11.6 Å². The van der Waals surface area contributed by atoms with E-state index in [2.05, 4.69) is 22.5 Å². The molecule has 2 aliphatic rings. The molecule has 0 amide bonds. The quantitative estimate of drug-likeness (QED) is 0.925. The van der Waals surface area contributed by atoms with Gasteiger partial charge in [0.05, 0.1) is 24.8 Å². The number of nitrogens with zero attached hydrogens (tertiary/aromatic N) is 2. The second kappa shape index (κ2) is 6.34. The van der Waals surface area contributed by atoms with Gasteiger partial charge in [-0.05, 0) is 31.7 Å². The number of hydrazone groups is 1. The molecule has 0 spiro atoms. The van der Waals surface area contributed by atoms with Crippen LogP contribution < -0.4 is 14.9 Å². The summed E-state index contributed by atoms with van der Waals surface area (Å²) in [5.74, 6) is 1.66. The molecule has 1 N–H and O–H groups in total. The first-order valence-electron chi connectivity index (χ1n) is 7.64. The third-order valence-electron chi connectivity index (χ3n) is 4.34. The van der Waals surface area contributed by atoms with Crippen molar-refractivity contribution in [1.82, 2.24) is 10.3 Å². The highest BCUT2D eigenvalue weighted by Crippen LogP contribution is 2.41. The smallest absolute Gasteiger partial charge is 0.179 e. The van der Waals surface area contributed by atoms with Crippen molar-refractivity contribution < 1.29 is 9.47 Å². The fraction of sp³-hybridized carbons (Fsp3) is 0.562. The Kier molecular flexibility index (Phi) is 4.45. The van der Waals surface area contributed by atoms with Gasteiger partial charge in [-0.2, -0.15) is 5.10 Å². The highest BCUT2D eigenvalue weighted by atomic mass is 35.5. The van der Waals surface area contributed by atoms with Gasteiger partial charge < -0.3 is 19.8 Å². The molecular weight excluding hydrogens is 302 g/mol. The van der Waals surface area contributed by atoms with Crippen LogP contribution in [0.3, 0.4) is 0 Å². The number of piperidine rings is 1. The Balaban J connectivity index is 1.90. The minimum atomic E-state index is 0.139. The molecule has 1 fully saturated rings. The maximum Gasteiger partial charge on any atom is 0.179 e. The van der Waals surface area contributed by atoms with E-state index in [4.69, 9.17) is 21.1 Å². The Morgan fingerprint density at radius 3 is 3.00 bits per heavy atom. The maximum atomic E-state index is 6.39. The van der Waals surface area contributed by atoms with Crippen molar-refractivity contribution in [3.05, 3.63) is 22.7 Å². The molecule has 120 valence electrons. The molecule has 5 nitrogen and oxygen atoms in total. The molecule has 2 aliphatic heterocycles. The number of methoxy groups -OCH3 is 1. The molecule has 2 atom stereocenters. The minimum Gasteiger partial charge on any atom is -0.493 e. The standard InChI is InChI=1S/C16H22ClN3O2/c1-4-22-16-12(17)7-10(8-14(16)21-3)15-11-9-20(2)6-5-13(11)18-19-15/h7-8,11,15,19H,4-6,9H2,1-3H3. The average molecular weight is 324 g/mol. The van der Waals surface area contributed by atoms with Gasteiger partial charge in [0.2, 0.25) is 0 Å². The zero-order valence-corrected chi connectivity index (χ0v) is 14.0. The highest BCUT2D eigenvalue weighted by molar-refractivity contribution is 6.32. The van der Waals surface area contributed by atoms with Crippen LogP contribution in [0.1, 0.15) is 24.9 Å². The van der Waals surface area contributed by atoms with Crippen LogP contribution in [0.2, 0.25) is 5.02 Å². The van der Waals surface area contributed by atoms with Crippen molar-refractivity contribution in [2.45, 2.75) is 19.4 Å². The molecule has 6 heteroatoms. The lowest BCUT2D eigenvalue weighted by molar-refractivity contribution is 0.272. The third kappa shape index (κ3) is 2.75. The van der Waals surface area contributed by atoms with E-state index in [-0.39, 0.29) is 6.04 Å². The van der Waals surface area contributed by atoms with Gasteiger partial charge in [0.1, 0.15) is 0 Å². The van der Waals surface area contributed by atoms with Crippen molar-refractivity contribution in [1.29, 1.82) is 0 Å². The molecule has 22 heavy (non-hydrogen) atoms. The average Bonchev–Trinajstić information content (AvgIpc) is 2.92. The lowest BCUT2D eigenvalue weighted by atomic mass is 9.86. The lowest BCUT2D eigenvalue weighted by Crippen LogP contribution is -2.39. The van der Waals surface area contributed by atoms with Crippen LogP contribution in [0.25, 0.3) is 0 Å². The van der Waals surface area contributed by atoms with Gasteiger partial charge >= 0.3 is 0 Å². The second-order valence-corrected chi connectivity index (χ2v) is 6.20. The zero-order valence-electron chi connectivity index (χ0n) is 13.2. The molecular formula is C16H22ClN3O2. The molecule has 0 aliphatic carbocycles. The van der Waals surface area contributed by atoms with Crippen molar-refractivity contribution in [3.8, 4) is 11.5 Å². The Labute approximate surface area is 136 Å². The molecule has 1 aromatic carbocycles. The normalized spacial score (nSPS) is 24.5. The summed E-state index contributed by atoms with van der Waals surface area (Å²) in [6, 6.07) is 4.10. The van der Waals surface area contributed by atoms with E-state index >= 15 is 0 Å². The molecule has 3 rings (SSSR count). The van der Waals surface area contributed by atoms with Crippen molar-refractivity contribution in [2.75, 3.05) is 33.9 Å². The fourth-order valence-corrected chi connectivity index (χ4v) is 3.49. The first-order valence-corrected chi connectivity index (χ1v) is 8.02. The van der Waals surface area contributed by atoms with Gasteiger partial charge in [-0.25, -0.2) is 0 Å². The number of halogens is 1. The van der Waals surface area contributed by atoms with Crippen LogP contribution in [0.15, 0.2) is 17.2 Å². The highest BCUT2D eigenvalue weighted by Gasteiger charge is 2.36. The largest absolute Gasteiger partial charge is 0.493 e. The predicted octanol–water partition coefficient (Wildman–Crippen LogP) is 2.70. The van der Waals surface area contributed by atoms with E-state index in [0.29, 0.717) is 29.0 Å². The van der Waals surface area contributed by atoms with Crippen LogP contribution in [-0.2, 0) is 0 Å². The van der Waals surface area contributed by atoms with E-state index in [9.17, 15) is 0 Å². The van der Waals surface area contributed by atoms with Crippen molar-refractivity contribution in [3.63, 3.8) is 0 Å². The van der Waals surface area contributed by atoms with E-state index in [0.717, 1.165) is 25.1 Å². The Morgan fingerprint density at radius 2 is 2.27 bits per heavy atom. The summed E-state index contributed by atoms with van der Waals surface area (Å²) in [7, 11) is 3.79. The Morgan fingerprint density at radius 1 is 1.45 bits per heavy atom. The number of likely N-dealkylation sites (tertiary alicyclic amines) is 1. The van der Waals surface area contributed by atoms with Gasteiger partial charge in [0.15, 0.2) is 11.5 Å². The summed E-state index contributed by atoms with van der Waals surface area (Å²) in [6.45, 7) is 4.55. The van der Waals surface area contributed by atoms with E-state index in [1.165, 1.54) is 5.71 Å². The number of benzene rings is 1. The molecule has 1 aromatic rings. The number of nitrogens with one attached hydrogen (secondary N) is 1. The van der Waals surface area contributed by atoms with Gasteiger partial charge in [0, 0.05) is 31.1 Å². The first kappa shape index (κ1) is 15.4. The zero-order chi connectivity index (χ0) is 15.7. The predicted molar refractivity (Wildman–Crippen MR) is 88.1 cm³/mol. The number of rotatable bonds is 4. The summed E-state index contributed by atoms with van der Waals surface area (Å²) in [4.78, 5) is 2.34. The summed E-state index contributed by atoms with van der Waals surface area (Å²) >= 11 is 6.39. The Bertz CT molecular complexity index is 591. The van der Waals surface area contributed by atoms with Crippen LogP contribution in [0, 0.1) is 5.92 Å². The van der Waals surface area contributed by atoms with Crippen molar-refractivity contribution >= 4 is 17.3 Å². The molecule has 1 saturated heterocycles. The van der Waals surface area contributed by atoms with Gasteiger partial charge in [-0.1, -0.05) is 11.6 Å². The molecule has 0 saturated carbocycles. The lowest BCUT2D eigenvalue weighted by Gasteiger charge is -2.31. The van der Waals surface area contributed by atoms with E-state index < -0.39 is 0 Å². The van der Waals surface area contributed by atoms with Crippen LogP contribution in [0.5, 0.6) is 11.5 Å². The number of hydrogen-bond donors (Lipinski definition) is 1. The summed E-state index contributed by atoms with van der Waals surface area (Å²) in [6.07, 6.45) is 1.02. The van der Waals surface area contributed by atoms with Crippen molar-refractivity contribution in [2.24, 2.45) is 11.0 Å². The van der Waals surface area contributed by atoms with E-state index in [1.54, 1.807) is 7.11 Å². The number of fused-ring (bicyclic) bond motifs is 1. The number of ether oxygens (including phenoxy) is 2. The second-order valence-electron chi connectivity index (χ2n) is 5.80. The number of hydrogen-bond acceptors (Lipinski definition) is 5. The summed E-state index contributed by atoms with van der Waals surface area (Å²) in [5, 5.41) is 5.10. The topological polar surface area (TPSA) is 46.1 Å².